The van der Waals surface area contributed by atoms with Gasteiger partial charge in [-0.1, -0.05) is 44.0 Å². The van der Waals surface area contributed by atoms with Crippen LogP contribution in [0.15, 0.2) is 24.3 Å². The lowest BCUT2D eigenvalue weighted by Crippen LogP contribution is -2.43. The van der Waals surface area contributed by atoms with Gasteiger partial charge in [-0.3, -0.25) is 4.79 Å². The number of hydrogen-bond donors (Lipinski definition) is 0. The third kappa shape index (κ3) is 1.77. The van der Waals surface area contributed by atoms with E-state index in [0.717, 1.165) is 18.3 Å². The number of aryl methyl sites for hydroxylation is 1. The lowest BCUT2D eigenvalue weighted by Gasteiger charge is -2.48. The van der Waals surface area contributed by atoms with Crippen molar-refractivity contribution in [2.45, 2.75) is 70.6 Å². The molecule has 0 unspecified atom stereocenters. The van der Waals surface area contributed by atoms with Crippen molar-refractivity contribution >= 4 is 5.78 Å². The third-order valence-corrected chi connectivity index (χ3v) is 8.20. The van der Waals surface area contributed by atoms with Crippen molar-refractivity contribution in [2.75, 3.05) is 0 Å². The Morgan fingerprint density at radius 2 is 1.83 bits per heavy atom. The minimum Gasteiger partial charge on any atom is -0.298 e. The molecule has 4 atom stereocenters. The van der Waals surface area contributed by atoms with Gasteiger partial charge in [0.25, 0.3) is 0 Å². The Bertz CT molecular complexity index is 654. The zero-order valence-electron chi connectivity index (χ0n) is 14.3. The van der Waals surface area contributed by atoms with E-state index in [1.165, 1.54) is 51.4 Å². The first-order valence-corrected chi connectivity index (χ1v) is 9.77. The van der Waals surface area contributed by atoms with Crippen molar-refractivity contribution in [3.63, 3.8) is 0 Å². The summed E-state index contributed by atoms with van der Waals surface area (Å²) in [5.41, 5.74) is 3.28. The fraction of sp³-hybridized carbons (Fsp3) is 0.682. The number of rotatable bonds is 0. The van der Waals surface area contributed by atoms with Crippen LogP contribution in [-0.2, 0) is 11.2 Å². The lowest BCUT2D eigenvalue weighted by atomic mass is 9.55. The molecular weight excluding hydrogens is 280 g/mol. The SMILES string of the molecule is C[C@]12CC[C@@H]3c4ccccc4CC[C@H]3[C@@H]1CC1(CCCC1)C2=O. The van der Waals surface area contributed by atoms with Crippen LogP contribution < -0.4 is 0 Å². The maximum absolute atomic E-state index is 13.4. The highest BCUT2D eigenvalue weighted by Gasteiger charge is 2.63. The highest BCUT2D eigenvalue weighted by Crippen LogP contribution is 2.66. The summed E-state index contributed by atoms with van der Waals surface area (Å²) < 4.78 is 0. The van der Waals surface area contributed by atoms with Gasteiger partial charge in [-0.05, 0) is 73.8 Å². The molecule has 3 fully saturated rings. The van der Waals surface area contributed by atoms with Crippen LogP contribution in [0.3, 0.4) is 0 Å². The number of fused-ring (bicyclic) bond motifs is 5. The Kier molecular flexibility index (Phi) is 2.92. The largest absolute Gasteiger partial charge is 0.298 e. The number of hydrogen-bond acceptors (Lipinski definition) is 1. The van der Waals surface area contributed by atoms with E-state index in [-0.39, 0.29) is 10.8 Å². The van der Waals surface area contributed by atoms with Crippen molar-refractivity contribution in [3.05, 3.63) is 35.4 Å². The van der Waals surface area contributed by atoms with Gasteiger partial charge >= 0.3 is 0 Å². The highest BCUT2D eigenvalue weighted by molar-refractivity contribution is 5.93. The molecule has 4 aliphatic carbocycles. The van der Waals surface area contributed by atoms with Gasteiger partial charge in [0, 0.05) is 10.8 Å². The Morgan fingerprint density at radius 1 is 1.04 bits per heavy atom. The average molecular weight is 308 g/mol. The fourth-order valence-electron chi connectivity index (χ4n) is 7.10. The van der Waals surface area contributed by atoms with E-state index in [2.05, 4.69) is 31.2 Å². The molecule has 0 N–H and O–H groups in total. The first-order valence-electron chi connectivity index (χ1n) is 9.77. The Hall–Kier alpha value is -1.11. The second-order valence-corrected chi connectivity index (χ2v) is 9.09. The molecule has 0 heterocycles. The molecule has 3 saturated carbocycles. The zero-order chi connectivity index (χ0) is 15.7. The molecule has 1 nitrogen and oxygen atoms in total. The van der Waals surface area contributed by atoms with Crippen LogP contribution in [0.5, 0.6) is 0 Å². The Balaban J connectivity index is 1.54. The van der Waals surface area contributed by atoms with E-state index in [1.807, 2.05) is 0 Å². The molecule has 1 heteroatoms. The molecule has 1 spiro atoms. The summed E-state index contributed by atoms with van der Waals surface area (Å²) in [4.78, 5) is 13.4. The number of Topliss-reactive ketones (excluding diaryl/α,β-unsaturated/α-hetero) is 1. The molecule has 0 saturated heterocycles. The number of benzene rings is 1. The summed E-state index contributed by atoms with van der Waals surface area (Å²) in [6, 6.07) is 9.11. The van der Waals surface area contributed by atoms with E-state index < -0.39 is 0 Å². The molecule has 0 aliphatic heterocycles. The second-order valence-electron chi connectivity index (χ2n) is 9.09. The van der Waals surface area contributed by atoms with Crippen LogP contribution in [0.2, 0.25) is 0 Å². The van der Waals surface area contributed by atoms with E-state index in [4.69, 9.17) is 0 Å². The van der Waals surface area contributed by atoms with Crippen LogP contribution in [0.4, 0.5) is 0 Å². The molecule has 23 heavy (non-hydrogen) atoms. The van der Waals surface area contributed by atoms with E-state index in [9.17, 15) is 4.79 Å². The minimum absolute atomic E-state index is 0.00219. The number of carbonyl (C=O) groups excluding carboxylic acids is 1. The third-order valence-electron chi connectivity index (χ3n) is 8.20. The van der Waals surface area contributed by atoms with Gasteiger partial charge in [-0.2, -0.15) is 0 Å². The van der Waals surface area contributed by atoms with Crippen molar-refractivity contribution < 1.29 is 4.79 Å². The summed E-state index contributed by atoms with van der Waals surface area (Å²) in [5, 5.41) is 0. The van der Waals surface area contributed by atoms with E-state index >= 15 is 0 Å². The smallest absolute Gasteiger partial charge is 0.145 e. The van der Waals surface area contributed by atoms with Gasteiger partial charge in [-0.15, -0.1) is 0 Å². The lowest BCUT2D eigenvalue weighted by molar-refractivity contribution is -0.135. The molecule has 0 radical (unpaired) electrons. The molecule has 0 bridgehead atoms. The van der Waals surface area contributed by atoms with Crippen LogP contribution in [0.1, 0.15) is 75.3 Å². The molecular formula is C22H28O. The first kappa shape index (κ1) is 14.3. The van der Waals surface area contributed by atoms with Crippen LogP contribution in [0.25, 0.3) is 0 Å². The van der Waals surface area contributed by atoms with Crippen LogP contribution in [0, 0.1) is 22.7 Å². The van der Waals surface area contributed by atoms with E-state index in [0.29, 0.717) is 11.7 Å². The average Bonchev–Trinajstić information content (AvgIpc) is 3.13. The van der Waals surface area contributed by atoms with Crippen LogP contribution >= 0.6 is 0 Å². The molecule has 1 aromatic carbocycles. The van der Waals surface area contributed by atoms with Gasteiger partial charge < -0.3 is 0 Å². The Labute approximate surface area is 139 Å². The number of carbonyl (C=O) groups is 1. The normalized spacial score (nSPS) is 40.7. The van der Waals surface area contributed by atoms with Gasteiger partial charge in [-0.25, -0.2) is 0 Å². The summed E-state index contributed by atoms with van der Waals surface area (Å²) in [7, 11) is 0. The molecule has 0 aromatic heterocycles. The summed E-state index contributed by atoms with van der Waals surface area (Å²) in [6.07, 6.45) is 11.1. The molecule has 0 amide bonds. The van der Waals surface area contributed by atoms with Crippen molar-refractivity contribution in [1.29, 1.82) is 0 Å². The standard InChI is InChI=1S/C22H28O/c1-21-13-10-17-16-7-3-2-6-15(16)8-9-18(17)19(21)14-22(20(21)23)11-4-5-12-22/h2-3,6-7,17-19H,4-5,8-14H2,1H3/t17-,18-,19+,21+/m1/s1. The van der Waals surface area contributed by atoms with Gasteiger partial charge in [0.15, 0.2) is 0 Å². The van der Waals surface area contributed by atoms with Crippen LogP contribution in [-0.4, -0.2) is 5.78 Å². The summed E-state index contributed by atoms with van der Waals surface area (Å²) in [6.45, 7) is 2.34. The number of ketones is 1. The van der Waals surface area contributed by atoms with Gasteiger partial charge in [0.05, 0.1) is 0 Å². The maximum atomic E-state index is 13.4. The van der Waals surface area contributed by atoms with Gasteiger partial charge in [0.1, 0.15) is 5.78 Å². The summed E-state index contributed by atoms with van der Waals surface area (Å²) in [5.74, 6) is 2.81. The molecule has 1 aromatic rings. The van der Waals surface area contributed by atoms with Crippen molar-refractivity contribution in [1.82, 2.24) is 0 Å². The molecule has 5 rings (SSSR count). The molecule has 4 aliphatic rings. The van der Waals surface area contributed by atoms with Crippen molar-refractivity contribution in [3.8, 4) is 0 Å². The van der Waals surface area contributed by atoms with Crippen molar-refractivity contribution in [2.24, 2.45) is 22.7 Å². The predicted octanol–water partition coefficient (Wildman–Crippen LogP) is 5.28. The highest BCUT2D eigenvalue weighted by atomic mass is 16.1. The predicted molar refractivity (Wildman–Crippen MR) is 92.4 cm³/mol. The minimum atomic E-state index is -0.00219. The Morgan fingerprint density at radius 3 is 2.65 bits per heavy atom. The van der Waals surface area contributed by atoms with Gasteiger partial charge in [0.2, 0.25) is 0 Å². The quantitative estimate of drug-likeness (QED) is 0.637. The second kappa shape index (κ2) is 4.71. The fourth-order valence-corrected chi connectivity index (χ4v) is 7.10. The zero-order valence-corrected chi connectivity index (χ0v) is 14.3. The monoisotopic (exact) mass is 308 g/mol. The maximum Gasteiger partial charge on any atom is 0.145 e. The summed E-state index contributed by atoms with van der Waals surface area (Å²) >= 11 is 0. The van der Waals surface area contributed by atoms with E-state index in [1.54, 1.807) is 11.1 Å². The molecule has 122 valence electrons. The topological polar surface area (TPSA) is 17.1 Å². The first-order chi connectivity index (χ1) is 11.1.